The van der Waals surface area contributed by atoms with Crippen LogP contribution < -0.4 is 0 Å². The molecule has 0 fully saturated rings. The molecule has 0 aliphatic rings. The number of unbranched alkanes of at least 4 members (excludes halogenated alkanes) is 42. The van der Waals surface area contributed by atoms with Crippen molar-refractivity contribution in [2.45, 2.75) is 427 Å². The fourth-order valence-electron chi connectivity index (χ4n) is 12.2. The van der Waals surface area contributed by atoms with E-state index in [2.05, 4.69) is 55.4 Å². The van der Waals surface area contributed by atoms with Crippen molar-refractivity contribution in [2.75, 3.05) is 39.6 Å². The Morgan fingerprint density at radius 2 is 0.485 bits per heavy atom. The lowest BCUT2D eigenvalue weighted by molar-refractivity contribution is -0.161. The van der Waals surface area contributed by atoms with Crippen LogP contribution in [0.25, 0.3) is 0 Å². The molecule has 588 valence electrons. The van der Waals surface area contributed by atoms with Crippen LogP contribution in [-0.2, 0) is 65.4 Å². The zero-order valence-electron chi connectivity index (χ0n) is 65.1. The predicted octanol–water partition coefficient (Wildman–Crippen LogP) is 23.6. The SMILES string of the molecule is CCC(C)CCCCCCCCC(=O)OC[C@H](COP(=O)(O)OC[C@H](O)COP(=O)(O)OC[C@@H](COC(=O)CCCCCCCCCCCCCCCCCCCCC(C)C)OC(=O)CCCCCCCCCCCC(C)C)OC(=O)CCCCCCCCCCCCCCCC(C)C. The van der Waals surface area contributed by atoms with Gasteiger partial charge in [0.15, 0.2) is 12.2 Å². The van der Waals surface area contributed by atoms with Gasteiger partial charge in [-0.25, -0.2) is 9.13 Å². The highest BCUT2D eigenvalue weighted by Crippen LogP contribution is 2.45. The molecule has 0 aliphatic heterocycles. The second kappa shape index (κ2) is 69.1. The summed E-state index contributed by atoms with van der Waals surface area (Å²) in [6, 6.07) is 0. The van der Waals surface area contributed by atoms with Gasteiger partial charge in [0, 0.05) is 25.7 Å². The third-order valence-electron chi connectivity index (χ3n) is 18.9. The maximum absolute atomic E-state index is 13.1. The first kappa shape index (κ1) is 97.1. The number of aliphatic hydroxyl groups is 1. The fourth-order valence-corrected chi connectivity index (χ4v) is 13.8. The van der Waals surface area contributed by atoms with Crippen LogP contribution in [0.3, 0.4) is 0 Å². The number of hydrogen-bond acceptors (Lipinski definition) is 15. The first-order valence-electron chi connectivity index (χ1n) is 41.2. The molecule has 3 unspecified atom stereocenters. The molecule has 19 heteroatoms. The Bertz CT molecular complexity index is 1940. The lowest BCUT2D eigenvalue weighted by Crippen LogP contribution is -2.30. The minimum absolute atomic E-state index is 0.105. The number of rotatable bonds is 77. The third kappa shape index (κ3) is 72.8. The summed E-state index contributed by atoms with van der Waals surface area (Å²) in [6.07, 6.45) is 55.7. The van der Waals surface area contributed by atoms with Crippen molar-refractivity contribution < 1.29 is 80.2 Å². The largest absolute Gasteiger partial charge is 0.472 e. The Hall–Kier alpha value is -1.94. The Labute approximate surface area is 607 Å². The molecule has 0 heterocycles. The fraction of sp³-hybridized carbons (Fsp3) is 0.950. The second-order valence-electron chi connectivity index (χ2n) is 30.5. The van der Waals surface area contributed by atoms with Crippen LogP contribution in [0.15, 0.2) is 0 Å². The molecule has 0 rings (SSSR count). The summed E-state index contributed by atoms with van der Waals surface area (Å²) in [4.78, 5) is 72.9. The van der Waals surface area contributed by atoms with E-state index in [4.69, 9.17) is 37.0 Å². The molecular weight excluding hydrogens is 1290 g/mol. The van der Waals surface area contributed by atoms with E-state index in [1.54, 1.807) is 0 Å². The quantitative estimate of drug-likeness (QED) is 0.0222. The molecule has 0 bridgehead atoms. The molecule has 99 heavy (non-hydrogen) atoms. The Morgan fingerprint density at radius 1 is 0.283 bits per heavy atom. The summed E-state index contributed by atoms with van der Waals surface area (Å²) >= 11 is 0. The molecule has 0 aliphatic carbocycles. The summed E-state index contributed by atoms with van der Waals surface area (Å²) in [5.74, 6) is 0.959. The van der Waals surface area contributed by atoms with Gasteiger partial charge in [-0.2, -0.15) is 0 Å². The summed E-state index contributed by atoms with van der Waals surface area (Å²) in [6.45, 7) is 14.2. The van der Waals surface area contributed by atoms with Crippen LogP contribution in [-0.4, -0.2) is 96.7 Å². The minimum Gasteiger partial charge on any atom is -0.462 e. The Balaban J connectivity index is 5.18. The van der Waals surface area contributed by atoms with E-state index in [1.807, 2.05) is 0 Å². The Morgan fingerprint density at radius 3 is 0.717 bits per heavy atom. The highest BCUT2D eigenvalue weighted by atomic mass is 31.2. The lowest BCUT2D eigenvalue weighted by atomic mass is 10.00. The van der Waals surface area contributed by atoms with Crippen molar-refractivity contribution in [2.24, 2.45) is 23.7 Å². The van der Waals surface area contributed by atoms with E-state index in [-0.39, 0.29) is 25.7 Å². The molecular formula is C80H156O17P2. The smallest absolute Gasteiger partial charge is 0.462 e. The predicted molar refractivity (Wildman–Crippen MR) is 404 cm³/mol. The van der Waals surface area contributed by atoms with Gasteiger partial charge in [0.2, 0.25) is 0 Å². The molecule has 0 radical (unpaired) electrons. The molecule has 0 spiro atoms. The van der Waals surface area contributed by atoms with E-state index < -0.39 is 97.5 Å². The molecule has 3 N–H and O–H groups in total. The van der Waals surface area contributed by atoms with Crippen molar-refractivity contribution in [1.82, 2.24) is 0 Å². The molecule has 0 aromatic rings. The standard InChI is InChI=1S/C80H156O17P2/c1-9-73(8)59-51-43-38-39-45-53-61-78(83)91-67-76(97-79(84)62-54-46-36-30-24-20-16-18-22-27-33-41-49-57-71(4)5)69-95-99(88,89)93-65-74(81)64-92-98(86,87)94-68-75(96-80(85)63-55-47-37-31-25-28-34-42-50-58-72(6)7)66-90-77(82)60-52-44-35-29-23-19-15-13-11-10-12-14-17-21-26-32-40-48-56-70(2)3/h70-76,81H,9-69H2,1-8H3,(H,86,87)(H,88,89)/t73?,74-,75-,76-/m1/s1. The molecule has 17 nitrogen and oxygen atoms in total. The number of esters is 4. The first-order valence-corrected chi connectivity index (χ1v) is 44.2. The minimum atomic E-state index is -4.96. The maximum atomic E-state index is 13.1. The Kier molecular flexibility index (Phi) is 67.8. The van der Waals surface area contributed by atoms with Gasteiger partial charge in [-0.3, -0.25) is 37.3 Å². The van der Waals surface area contributed by atoms with Gasteiger partial charge in [0.1, 0.15) is 19.3 Å². The van der Waals surface area contributed by atoms with Gasteiger partial charge >= 0.3 is 39.5 Å². The molecule has 0 aromatic heterocycles. The summed E-state index contributed by atoms with van der Waals surface area (Å²) in [7, 11) is -9.92. The van der Waals surface area contributed by atoms with Crippen molar-refractivity contribution in [1.29, 1.82) is 0 Å². The van der Waals surface area contributed by atoms with Crippen molar-refractivity contribution >= 4 is 39.5 Å². The summed E-state index contributed by atoms with van der Waals surface area (Å²) in [5, 5.41) is 10.6. The monoisotopic (exact) mass is 1450 g/mol. The van der Waals surface area contributed by atoms with E-state index >= 15 is 0 Å². The number of aliphatic hydroxyl groups excluding tert-OH is 1. The number of ether oxygens (including phenoxy) is 4. The van der Waals surface area contributed by atoms with Gasteiger partial charge in [0.05, 0.1) is 26.4 Å². The highest BCUT2D eigenvalue weighted by Gasteiger charge is 2.30. The third-order valence-corrected chi connectivity index (χ3v) is 20.8. The van der Waals surface area contributed by atoms with Crippen molar-refractivity contribution in [3.05, 3.63) is 0 Å². The number of phosphoric ester groups is 2. The maximum Gasteiger partial charge on any atom is 0.472 e. The normalized spacial score (nSPS) is 14.3. The van der Waals surface area contributed by atoms with Gasteiger partial charge in [0.25, 0.3) is 0 Å². The number of carbonyl (C=O) groups is 4. The second-order valence-corrected chi connectivity index (χ2v) is 33.4. The van der Waals surface area contributed by atoms with Crippen LogP contribution in [0.2, 0.25) is 0 Å². The van der Waals surface area contributed by atoms with Gasteiger partial charge in [-0.15, -0.1) is 0 Å². The van der Waals surface area contributed by atoms with Crippen LogP contribution in [0.1, 0.15) is 409 Å². The van der Waals surface area contributed by atoms with E-state index in [9.17, 15) is 43.2 Å². The molecule has 0 aromatic carbocycles. The molecule has 0 amide bonds. The van der Waals surface area contributed by atoms with Crippen molar-refractivity contribution in [3.8, 4) is 0 Å². The van der Waals surface area contributed by atoms with E-state index in [0.717, 1.165) is 120 Å². The lowest BCUT2D eigenvalue weighted by Gasteiger charge is -2.21. The van der Waals surface area contributed by atoms with Gasteiger partial charge in [-0.05, 0) is 49.4 Å². The topological polar surface area (TPSA) is 237 Å². The zero-order valence-corrected chi connectivity index (χ0v) is 66.9. The average Bonchev–Trinajstić information content (AvgIpc) is 0.958. The summed E-state index contributed by atoms with van der Waals surface area (Å²) in [5.41, 5.74) is 0. The van der Waals surface area contributed by atoms with Gasteiger partial charge in [-0.1, -0.05) is 357 Å². The van der Waals surface area contributed by atoms with Crippen LogP contribution in [0.5, 0.6) is 0 Å². The van der Waals surface area contributed by atoms with Crippen LogP contribution >= 0.6 is 15.6 Å². The highest BCUT2D eigenvalue weighted by molar-refractivity contribution is 7.47. The summed E-state index contributed by atoms with van der Waals surface area (Å²) < 4.78 is 68.6. The number of hydrogen-bond donors (Lipinski definition) is 3. The first-order chi connectivity index (χ1) is 47.6. The van der Waals surface area contributed by atoms with E-state index in [1.165, 1.54) is 205 Å². The average molecular weight is 1450 g/mol. The number of phosphoric acid groups is 2. The van der Waals surface area contributed by atoms with Crippen LogP contribution in [0, 0.1) is 23.7 Å². The zero-order chi connectivity index (χ0) is 73.1. The molecule has 6 atom stereocenters. The molecule has 0 saturated heterocycles. The van der Waals surface area contributed by atoms with Crippen molar-refractivity contribution in [3.63, 3.8) is 0 Å². The van der Waals surface area contributed by atoms with Gasteiger partial charge < -0.3 is 33.8 Å². The number of carbonyl (C=O) groups excluding carboxylic acids is 4. The molecule has 0 saturated carbocycles. The van der Waals surface area contributed by atoms with Crippen LogP contribution in [0.4, 0.5) is 0 Å². The van der Waals surface area contributed by atoms with E-state index in [0.29, 0.717) is 25.7 Å².